The van der Waals surface area contributed by atoms with Crippen LogP contribution in [0, 0.1) is 0 Å². The molecule has 2 heteroatoms. The zero-order valence-electron chi connectivity index (χ0n) is 9.57. The van der Waals surface area contributed by atoms with Gasteiger partial charge in [0, 0.05) is 10.7 Å². The maximum atomic E-state index is 3.53. The molecule has 84 valence electrons. The second kappa shape index (κ2) is 4.19. The van der Waals surface area contributed by atoms with Gasteiger partial charge in [0.2, 0.25) is 0 Å². The summed E-state index contributed by atoms with van der Waals surface area (Å²) in [5.74, 6) is 0.745. The van der Waals surface area contributed by atoms with Crippen LogP contribution >= 0.6 is 11.3 Å². The number of piperidine rings is 1. The van der Waals surface area contributed by atoms with Crippen molar-refractivity contribution in [3.05, 3.63) is 35.2 Å². The van der Waals surface area contributed by atoms with Crippen LogP contribution in [0.2, 0.25) is 0 Å². The third-order valence-corrected chi connectivity index (χ3v) is 4.48. The maximum Gasteiger partial charge on any atom is 0.0345 e. The fraction of sp³-hybridized carbons (Fsp3) is 0.429. The van der Waals surface area contributed by atoms with E-state index in [9.17, 15) is 0 Å². The zero-order chi connectivity index (χ0) is 11.0. The molecule has 1 aromatic heterocycles. The summed E-state index contributed by atoms with van der Waals surface area (Å²) in [4.78, 5) is 0. The third-order valence-electron chi connectivity index (χ3n) is 3.59. The Balaban J connectivity index is 2.01. The molecule has 1 aliphatic rings. The van der Waals surface area contributed by atoms with Crippen LogP contribution in [-0.2, 0) is 0 Å². The monoisotopic (exact) mass is 231 g/mol. The number of benzene rings is 1. The molecule has 0 saturated carbocycles. The molecular formula is C14H17NS. The van der Waals surface area contributed by atoms with Crippen molar-refractivity contribution in [1.82, 2.24) is 5.32 Å². The quantitative estimate of drug-likeness (QED) is 0.788. The lowest BCUT2D eigenvalue weighted by Gasteiger charge is -2.28. The Morgan fingerprint density at radius 1 is 1.31 bits per heavy atom. The molecule has 1 N–H and O–H groups in total. The maximum absolute atomic E-state index is 3.53. The summed E-state index contributed by atoms with van der Waals surface area (Å²) in [6, 6.07) is 9.70. The predicted molar refractivity (Wildman–Crippen MR) is 71.3 cm³/mol. The number of hydrogen-bond acceptors (Lipinski definition) is 2. The second-order valence-electron chi connectivity index (χ2n) is 4.76. The van der Waals surface area contributed by atoms with Crippen molar-refractivity contribution in [3.8, 4) is 0 Å². The van der Waals surface area contributed by atoms with E-state index in [2.05, 4.69) is 41.9 Å². The molecule has 0 unspecified atom stereocenters. The van der Waals surface area contributed by atoms with Gasteiger partial charge in [0.15, 0.2) is 0 Å². The van der Waals surface area contributed by atoms with Gasteiger partial charge in [0.1, 0.15) is 0 Å². The summed E-state index contributed by atoms with van der Waals surface area (Å²) < 4.78 is 1.43. The number of nitrogens with one attached hydrogen (secondary N) is 1. The number of rotatable bonds is 1. The Morgan fingerprint density at radius 2 is 2.25 bits per heavy atom. The van der Waals surface area contributed by atoms with E-state index < -0.39 is 0 Å². The first-order valence-electron chi connectivity index (χ1n) is 6.04. The molecule has 16 heavy (non-hydrogen) atoms. The molecule has 1 saturated heterocycles. The van der Waals surface area contributed by atoms with Crippen LogP contribution in [0.25, 0.3) is 10.1 Å². The van der Waals surface area contributed by atoms with Crippen molar-refractivity contribution < 1.29 is 0 Å². The first-order chi connectivity index (χ1) is 7.84. The topological polar surface area (TPSA) is 12.0 Å². The SMILES string of the molecule is C[C@H]1C[C@H](c2cccc3sccc23)CCN1. The molecule has 2 heterocycles. The Bertz CT molecular complexity index is 488. The van der Waals surface area contributed by atoms with E-state index in [0.29, 0.717) is 6.04 Å². The highest BCUT2D eigenvalue weighted by Gasteiger charge is 2.21. The van der Waals surface area contributed by atoms with Crippen molar-refractivity contribution in [2.75, 3.05) is 6.54 Å². The van der Waals surface area contributed by atoms with E-state index in [1.807, 2.05) is 11.3 Å². The van der Waals surface area contributed by atoms with Crippen molar-refractivity contribution in [2.24, 2.45) is 0 Å². The molecule has 0 aliphatic carbocycles. The van der Waals surface area contributed by atoms with Crippen LogP contribution in [0.3, 0.4) is 0 Å². The molecule has 3 rings (SSSR count). The number of hydrogen-bond donors (Lipinski definition) is 1. The molecule has 1 nitrogen and oxygen atoms in total. The summed E-state index contributed by atoms with van der Waals surface area (Å²) in [5, 5.41) is 7.21. The Kier molecular flexibility index (Phi) is 2.70. The molecule has 2 aromatic rings. The summed E-state index contributed by atoms with van der Waals surface area (Å²) >= 11 is 1.85. The van der Waals surface area contributed by atoms with E-state index >= 15 is 0 Å². The Morgan fingerprint density at radius 3 is 3.12 bits per heavy atom. The van der Waals surface area contributed by atoms with Crippen molar-refractivity contribution in [1.29, 1.82) is 0 Å². The van der Waals surface area contributed by atoms with E-state index in [1.165, 1.54) is 22.9 Å². The van der Waals surface area contributed by atoms with E-state index in [1.54, 1.807) is 5.56 Å². The highest BCUT2D eigenvalue weighted by atomic mass is 32.1. The lowest BCUT2D eigenvalue weighted by Crippen LogP contribution is -2.34. The highest BCUT2D eigenvalue weighted by Crippen LogP contribution is 2.34. The summed E-state index contributed by atoms with van der Waals surface area (Å²) in [5.41, 5.74) is 1.56. The minimum absolute atomic E-state index is 0.660. The normalized spacial score (nSPS) is 26.1. The summed E-state index contributed by atoms with van der Waals surface area (Å²) in [6.45, 7) is 3.45. The minimum atomic E-state index is 0.660. The van der Waals surface area contributed by atoms with Gasteiger partial charge in [-0.25, -0.2) is 0 Å². The van der Waals surface area contributed by atoms with Gasteiger partial charge in [-0.2, -0.15) is 0 Å². The average Bonchev–Trinajstić information content (AvgIpc) is 2.76. The Hall–Kier alpha value is -0.860. The lowest BCUT2D eigenvalue weighted by molar-refractivity contribution is 0.382. The third kappa shape index (κ3) is 1.76. The van der Waals surface area contributed by atoms with Gasteiger partial charge in [0.05, 0.1) is 0 Å². The van der Waals surface area contributed by atoms with Crippen LogP contribution in [0.4, 0.5) is 0 Å². The second-order valence-corrected chi connectivity index (χ2v) is 5.70. The van der Waals surface area contributed by atoms with Gasteiger partial charge in [0.25, 0.3) is 0 Å². The largest absolute Gasteiger partial charge is 0.314 e. The van der Waals surface area contributed by atoms with Crippen molar-refractivity contribution in [3.63, 3.8) is 0 Å². The van der Waals surface area contributed by atoms with E-state index in [-0.39, 0.29) is 0 Å². The van der Waals surface area contributed by atoms with Crippen LogP contribution in [0.1, 0.15) is 31.2 Å². The van der Waals surface area contributed by atoms with Gasteiger partial charge in [-0.1, -0.05) is 12.1 Å². The fourth-order valence-corrected chi connectivity index (χ4v) is 3.61. The molecule has 2 atom stereocenters. The summed E-state index contributed by atoms with van der Waals surface area (Å²) in [6.07, 6.45) is 2.55. The molecule has 1 aromatic carbocycles. The van der Waals surface area contributed by atoms with Crippen LogP contribution in [-0.4, -0.2) is 12.6 Å². The standard InChI is InChI=1S/C14H17NS/c1-10-9-11(5-7-15-10)12-3-2-4-14-13(12)6-8-16-14/h2-4,6,8,10-11,15H,5,7,9H2,1H3/t10-,11+/m0/s1. The first-order valence-corrected chi connectivity index (χ1v) is 6.92. The smallest absolute Gasteiger partial charge is 0.0345 e. The number of thiophene rings is 1. The van der Waals surface area contributed by atoms with E-state index in [0.717, 1.165) is 12.5 Å². The fourth-order valence-electron chi connectivity index (χ4n) is 2.79. The van der Waals surface area contributed by atoms with Crippen LogP contribution in [0.15, 0.2) is 29.6 Å². The van der Waals surface area contributed by atoms with Crippen molar-refractivity contribution >= 4 is 21.4 Å². The molecule has 1 aliphatic heterocycles. The molecular weight excluding hydrogens is 214 g/mol. The van der Waals surface area contributed by atoms with Gasteiger partial charge in [-0.3, -0.25) is 0 Å². The average molecular weight is 231 g/mol. The minimum Gasteiger partial charge on any atom is -0.314 e. The molecule has 1 fully saturated rings. The zero-order valence-corrected chi connectivity index (χ0v) is 10.4. The van der Waals surface area contributed by atoms with Crippen LogP contribution < -0.4 is 5.32 Å². The highest BCUT2D eigenvalue weighted by molar-refractivity contribution is 7.17. The molecule has 0 radical (unpaired) electrons. The van der Waals surface area contributed by atoms with Gasteiger partial charge in [-0.05, 0) is 60.7 Å². The first kappa shape index (κ1) is 10.3. The lowest BCUT2D eigenvalue weighted by atomic mass is 9.85. The Labute approximate surface area is 100 Å². The summed E-state index contributed by atoms with van der Waals surface area (Å²) in [7, 11) is 0. The van der Waals surface area contributed by atoms with Gasteiger partial charge < -0.3 is 5.32 Å². The number of fused-ring (bicyclic) bond motifs is 1. The van der Waals surface area contributed by atoms with Gasteiger partial charge >= 0.3 is 0 Å². The predicted octanol–water partition coefficient (Wildman–Crippen LogP) is 3.76. The molecule has 0 spiro atoms. The molecule has 0 bridgehead atoms. The van der Waals surface area contributed by atoms with E-state index in [4.69, 9.17) is 0 Å². The molecule has 0 amide bonds. The van der Waals surface area contributed by atoms with Crippen molar-refractivity contribution in [2.45, 2.75) is 31.7 Å². The van der Waals surface area contributed by atoms with Gasteiger partial charge in [-0.15, -0.1) is 11.3 Å². The van der Waals surface area contributed by atoms with Crippen LogP contribution in [0.5, 0.6) is 0 Å².